The minimum atomic E-state index is -1.05. The van der Waals surface area contributed by atoms with Gasteiger partial charge in [-0.25, -0.2) is 0 Å². The summed E-state index contributed by atoms with van der Waals surface area (Å²) >= 11 is 12.5. The van der Waals surface area contributed by atoms with E-state index in [0.29, 0.717) is 36.0 Å². The monoisotopic (exact) mass is 513 g/mol. The van der Waals surface area contributed by atoms with Gasteiger partial charge in [0, 0.05) is 32.1 Å². The summed E-state index contributed by atoms with van der Waals surface area (Å²) in [5.41, 5.74) is 2.12. The number of hydrogen-bond donors (Lipinski definition) is 2. The number of carboxylic acids is 1. The van der Waals surface area contributed by atoms with Crippen molar-refractivity contribution in [3.05, 3.63) is 40.4 Å². The second-order valence-corrected chi connectivity index (χ2v) is 8.95. The number of halogens is 2. The summed E-state index contributed by atoms with van der Waals surface area (Å²) in [6, 6.07) is 3.22. The molecule has 10 heteroatoms. The fourth-order valence-corrected chi connectivity index (χ4v) is 4.38. The molecule has 2 aliphatic rings. The lowest BCUT2D eigenvalue weighted by molar-refractivity contribution is -0.142. The average molecular weight is 514 g/mol. The molecule has 0 spiro atoms. The lowest BCUT2D eigenvalue weighted by atomic mass is 9.95. The zero-order chi connectivity index (χ0) is 25.3. The van der Waals surface area contributed by atoms with Crippen LogP contribution in [0.3, 0.4) is 0 Å². The van der Waals surface area contributed by atoms with E-state index in [2.05, 4.69) is 35.9 Å². The molecule has 0 aromatic heterocycles. The first-order chi connectivity index (χ1) is 16.2. The molecule has 8 nitrogen and oxygen atoms in total. The van der Waals surface area contributed by atoms with Crippen LogP contribution in [-0.2, 0) is 25.5 Å². The van der Waals surface area contributed by atoms with Crippen molar-refractivity contribution in [2.45, 2.75) is 39.2 Å². The van der Waals surface area contributed by atoms with Crippen LogP contribution in [0.1, 0.15) is 32.3 Å². The number of hydrogen-bond acceptors (Lipinski definition) is 5. The van der Waals surface area contributed by atoms with Crippen LogP contribution in [0.15, 0.2) is 24.8 Å². The number of carbonyl (C=O) groups is 3. The van der Waals surface area contributed by atoms with Crippen LogP contribution < -0.4 is 10.2 Å². The van der Waals surface area contributed by atoms with E-state index in [1.807, 2.05) is 0 Å². The summed E-state index contributed by atoms with van der Waals surface area (Å²) in [5, 5.41) is 12.5. The number of piperidine rings is 1. The molecule has 0 bridgehead atoms. The van der Waals surface area contributed by atoms with Crippen molar-refractivity contribution >= 4 is 46.7 Å². The Hall–Kier alpha value is -2.29. The van der Waals surface area contributed by atoms with E-state index in [9.17, 15) is 14.4 Å². The highest BCUT2D eigenvalue weighted by atomic mass is 35.5. The van der Waals surface area contributed by atoms with Gasteiger partial charge in [0.05, 0.1) is 28.9 Å². The van der Waals surface area contributed by atoms with Gasteiger partial charge < -0.3 is 25.0 Å². The summed E-state index contributed by atoms with van der Waals surface area (Å²) in [7, 11) is 0. The number of carbonyl (C=O) groups excluding carboxylic acids is 2. The van der Waals surface area contributed by atoms with Gasteiger partial charge in [-0.1, -0.05) is 42.8 Å². The van der Waals surface area contributed by atoms with Crippen molar-refractivity contribution in [3.8, 4) is 0 Å². The number of nitrogens with one attached hydrogen (secondary N) is 1. The Labute approximate surface area is 210 Å². The summed E-state index contributed by atoms with van der Waals surface area (Å²) in [6.45, 7) is 11.2. The van der Waals surface area contributed by atoms with Crippen molar-refractivity contribution in [2.75, 3.05) is 44.3 Å². The van der Waals surface area contributed by atoms with Gasteiger partial charge in [-0.15, -0.1) is 0 Å². The first-order valence-electron chi connectivity index (χ1n) is 11.4. The topological polar surface area (TPSA) is 99.2 Å². The highest BCUT2D eigenvalue weighted by Gasteiger charge is 2.28. The van der Waals surface area contributed by atoms with Crippen LogP contribution in [0, 0.1) is 5.92 Å². The molecule has 2 aliphatic heterocycles. The molecule has 2 saturated heterocycles. The zero-order valence-corrected chi connectivity index (χ0v) is 21.2. The van der Waals surface area contributed by atoms with Crippen LogP contribution in [0.2, 0.25) is 10.0 Å². The molecule has 1 aromatic carbocycles. The Bertz CT molecular complexity index is 882. The standard InChI is InChI=1S/C12H15Cl2NO.C12H18N2O4/c1-2-9-3-4-10(12(14)11(9)13)15-5-7-16-8-6-15;1-3-10(15)14-6-4-9(5-7-14)11(16)13-8(2)12(17)18/h3-4H,2,5-8H2,1H3;3,8-9H,1,4-7H2,2H3,(H,13,16)(H,17,18). The molecule has 3 rings (SSSR count). The lowest BCUT2D eigenvalue weighted by Gasteiger charge is -2.30. The van der Waals surface area contributed by atoms with E-state index in [1.54, 1.807) is 4.90 Å². The Morgan fingerprint density at radius 2 is 1.79 bits per heavy atom. The third-order valence-electron chi connectivity index (χ3n) is 5.96. The fourth-order valence-electron chi connectivity index (χ4n) is 3.78. The van der Waals surface area contributed by atoms with Crippen LogP contribution in [0.4, 0.5) is 5.69 Å². The number of morpholine rings is 1. The molecule has 2 N–H and O–H groups in total. The Balaban J connectivity index is 0.000000241. The molecule has 34 heavy (non-hydrogen) atoms. The third-order valence-corrected chi connectivity index (χ3v) is 6.87. The van der Waals surface area contributed by atoms with Gasteiger partial charge in [0.1, 0.15) is 6.04 Å². The number of likely N-dealkylation sites (tertiary alicyclic amines) is 1. The molecule has 2 heterocycles. The van der Waals surface area contributed by atoms with E-state index in [1.165, 1.54) is 13.0 Å². The summed E-state index contributed by atoms with van der Waals surface area (Å²) in [5.74, 6) is -1.66. The predicted molar refractivity (Wildman–Crippen MR) is 134 cm³/mol. The Kier molecular flexibility index (Phi) is 11.1. The Morgan fingerprint density at radius 1 is 1.18 bits per heavy atom. The Morgan fingerprint density at radius 3 is 2.32 bits per heavy atom. The number of anilines is 1. The first-order valence-corrected chi connectivity index (χ1v) is 12.2. The quantitative estimate of drug-likeness (QED) is 0.565. The summed E-state index contributed by atoms with van der Waals surface area (Å²) in [4.78, 5) is 37.6. The summed E-state index contributed by atoms with van der Waals surface area (Å²) in [6.07, 6.45) is 3.27. The number of rotatable bonds is 6. The molecular weight excluding hydrogens is 481 g/mol. The van der Waals surface area contributed by atoms with Gasteiger partial charge in [-0.2, -0.15) is 0 Å². The minimum absolute atomic E-state index is 0.132. The first kappa shape index (κ1) is 28.0. The molecule has 2 fully saturated rings. The fraction of sp³-hybridized carbons (Fsp3) is 0.542. The number of benzene rings is 1. The number of ether oxygens (including phenoxy) is 1. The number of aryl methyl sites for hydroxylation is 1. The zero-order valence-electron chi connectivity index (χ0n) is 19.7. The van der Waals surface area contributed by atoms with Crippen molar-refractivity contribution in [2.24, 2.45) is 5.92 Å². The van der Waals surface area contributed by atoms with E-state index in [0.717, 1.165) is 44.0 Å². The van der Waals surface area contributed by atoms with E-state index in [4.69, 9.17) is 33.0 Å². The second-order valence-electron chi connectivity index (χ2n) is 8.20. The third kappa shape index (κ3) is 7.61. The highest BCUT2D eigenvalue weighted by molar-refractivity contribution is 6.44. The normalized spacial score (nSPS) is 17.3. The number of carboxylic acid groups (broad SMARTS) is 1. The second kappa shape index (κ2) is 13.6. The van der Waals surface area contributed by atoms with Crippen LogP contribution in [0.25, 0.3) is 0 Å². The van der Waals surface area contributed by atoms with Crippen LogP contribution in [0.5, 0.6) is 0 Å². The van der Waals surface area contributed by atoms with Crippen molar-refractivity contribution in [1.82, 2.24) is 10.2 Å². The van der Waals surface area contributed by atoms with Crippen LogP contribution >= 0.6 is 23.2 Å². The molecule has 1 atom stereocenters. The molecular formula is C24H33Cl2N3O5. The van der Waals surface area contributed by atoms with E-state index in [-0.39, 0.29) is 17.7 Å². The number of nitrogens with zero attached hydrogens (tertiary/aromatic N) is 2. The van der Waals surface area contributed by atoms with Crippen molar-refractivity contribution in [1.29, 1.82) is 0 Å². The molecule has 0 aliphatic carbocycles. The smallest absolute Gasteiger partial charge is 0.325 e. The van der Waals surface area contributed by atoms with Gasteiger partial charge in [-0.05, 0) is 43.9 Å². The molecule has 188 valence electrons. The summed E-state index contributed by atoms with van der Waals surface area (Å²) < 4.78 is 5.32. The van der Waals surface area contributed by atoms with Gasteiger partial charge >= 0.3 is 5.97 Å². The highest BCUT2D eigenvalue weighted by Crippen LogP contribution is 2.35. The molecule has 0 saturated carbocycles. The maximum absolute atomic E-state index is 11.8. The number of amides is 2. The van der Waals surface area contributed by atoms with Gasteiger partial charge in [0.2, 0.25) is 11.8 Å². The molecule has 1 aromatic rings. The predicted octanol–water partition coefficient (Wildman–Crippen LogP) is 3.39. The molecule has 2 amide bonds. The maximum Gasteiger partial charge on any atom is 0.325 e. The van der Waals surface area contributed by atoms with Crippen molar-refractivity contribution < 1.29 is 24.2 Å². The average Bonchev–Trinajstić information content (AvgIpc) is 2.86. The van der Waals surface area contributed by atoms with E-state index >= 15 is 0 Å². The number of aliphatic carboxylic acids is 1. The van der Waals surface area contributed by atoms with E-state index < -0.39 is 12.0 Å². The van der Waals surface area contributed by atoms with Gasteiger partial charge in [0.25, 0.3) is 0 Å². The van der Waals surface area contributed by atoms with Crippen LogP contribution in [-0.4, -0.2) is 73.2 Å². The maximum atomic E-state index is 11.8. The largest absolute Gasteiger partial charge is 0.480 e. The van der Waals surface area contributed by atoms with Crippen molar-refractivity contribution in [3.63, 3.8) is 0 Å². The lowest BCUT2D eigenvalue weighted by Crippen LogP contribution is -2.46. The van der Waals surface area contributed by atoms with Gasteiger partial charge in [-0.3, -0.25) is 14.4 Å². The minimum Gasteiger partial charge on any atom is -0.480 e. The molecule has 1 unspecified atom stereocenters. The van der Waals surface area contributed by atoms with Gasteiger partial charge in [0.15, 0.2) is 0 Å². The molecule has 0 radical (unpaired) electrons. The SMILES string of the molecule is C=CC(=O)N1CCC(C(=O)NC(C)C(=O)O)CC1.CCc1ccc(N2CCOCC2)c(Cl)c1Cl.